The van der Waals surface area contributed by atoms with Gasteiger partial charge in [-0.3, -0.25) is 4.79 Å². The Hall–Kier alpha value is -4.12. The predicted molar refractivity (Wildman–Crippen MR) is 117 cm³/mol. The second kappa shape index (κ2) is 9.40. The number of amides is 1. The van der Waals surface area contributed by atoms with Crippen LogP contribution in [0.5, 0.6) is 17.4 Å². The third-order valence-electron chi connectivity index (χ3n) is 4.51. The number of nitrogens with one attached hydrogen (secondary N) is 1. The molecule has 0 unspecified atom stereocenters. The molecule has 2 aromatic carbocycles. The second-order valence-corrected chi connectivity index (χ2v) is 7.17. The van der Waals surface area contributed by atoms with Crippen molar-refractivity contribution in [1.29, 1.82) is 0 Å². The van der Waals surface area contributed by atoms with Gasteiger partial charge in [-0.25, -0.2) is 4.68 Å². The van der Waals surface area contributed by atoms with Crippen LogP contribution < -0.4 is 14.8 Å². The van der Waals surface area contributed by atoms with Gasteiger partial charge >= 0.3 is 6.18 Å². The van der Waals surface area contributed by atoms with E-state index < -0.39 is 23.3 Å². The molecule has 0 spiro atoms. The van der Waals surface area contributed by atoms with Crippen LogP contribution in [-0.4, -0.2) is 33.0 Å². The molecule has 0 radical (unpaired) electrons. The third kappa shape index (κ3) is 4.94. The molecule has 34 heavy (non-hydrogen) atoms. The number of hydrogen-bond donors (Lipinski definition) is 1. The van der Waals surface area contributed by atoms with Crippen LogP contribution in [0.1, 0.15) is 16.1 Å². The molecule has 8 nitrogen and oxygen atoms in total. The van der Waals surface area contributed by atoms with Gasteiger partial charge in [0.05, 0.1) is 23.9 Å². The highest BCUT2D eigenvalue weighted by molar-refractivity contribution is 6.32. The fourth-order valence-electron chi connectivity index (χ4n) is 2.96. The average Bonchev–Trinajstić information content (AvgIpc) is 3.28. The molecule has 2 heterocycles. The van der Waals surface area contributed by atoms with E-state index in [9.17, 15) is 18.0 Å². The smallest absolute Gasteiger partial charge is 0.434 e. The zero-order valence-electron chi connectivity index (χ0n) is 17.4. The van der Waals surface area contributed by atoms with E-state index in [1.807, 2.05) is 0 Å². The largest absolute Gasteiger partial charge is 0.480 e. The minimum absolute atomic E-state index is 0.115. The van der Waals surface area contributed by atoms with Crippen LogP contribution in [0.15, 0.2) is 66.9 Å². The lowest BCUT2D eigenvalue weighted by atomic mass is 10.2. The molecule has 1 N–H and O–H groups in total. The maximum atomic E-state index is 13.8. The number of anilines is 1. The summed E-state index contributed by atoms with van der Waals surface area (Å²) in [5.41, 5.74) is -1.72. The molecule has 0 saturated carbocycles. The van der Waals surface area contributed by atoms with Crippen LogP contribution in [0.25, 0.3) is 5.82 Å². The highest BCUT2D eigenvalue weighted by Crippen LogP contribution is 2.34. The summed E-state index contributed by atoms with van der Waals surface area (Å²) in [6, 6.07) is 15.5. The summed E-state index contributed by atoms with van der Waals surface area (Å²) >= 11 is 6.06. The monoisotopic (exact) mass is 489 g/mol. The number of rotatable bonds is 6. The highest BCUT2D eigenvalue weighted by atomic mass is 35.5. The lowest BCUT2D eigenvalue weighted by Gasteiger charge is -2.12. The Labute approximate surface area is 195 Å². The predicted octanol–water partition coefficient (Wildman–Crippen LogP) is 5.39. The van der Waals surface area contributed by atoms with Gasteiger partial charge in [-0.15, -0.1) is 10.2 Å². The molecule has 4 aromatic rings. The van der Waals surface area contributed by atoms with E-state index in [4.69, 9.17) is 21.1 Å². The number of methoxy groups -OCH3 is 1. The SMILES string of the molecule is COc1ccc(-n2ncc(C(=O)Nc3ccc(Oc4ccccc4Cl)cc3)c2C(F)(F)F)nn1. The number of hydrogen-bond acceptors (Lipinski definition) is 6. The van der Waals surface area contributed by atoms with E-state index >= 15 is 0 Å². The molecule has 4 rings (SSSR count). The lowest BCUT2D eigenvalue weighted by molar-refractivity contribution is -0.143. The number of carbonyl (C=O) groups is 1. The fourth-order valence-corrected chi connectivity index (χ4v) is 3.13. The van der Waals surface area contributed by atoms with Gasteiger partial charge in [-0.2, -0.15) is 18.3 Å². The minimum Gasteiger partial charge on any atom is -0.480 e. The summed E-state index contributed by atoms with van der Waals surface area (Å²) in [6.07, 6.45) is -4.07. The summed E-state index contributed by atoms with van der Waals surface area (Å²) < 4.78 is 52.5. The lowest BCUT2D eigenvalue weighted by Crippen LogP contribution is -2.21. The maximum Gasteiger partial charge on any atom is 0.434 e. The number of ether oxygens (including phenoxy) is 2. The Kier molecular flexibility index (Phi) is 6.37. The quantitative estimate of drug-likeness (QED) is 0.390. The molecule has 174 valence electrons. The number of nitrogens with zero attached hydrogens (tertiary/aromatic N) is 4. The maximum absolute atomic E-state index is 13.8. The summed E-state index contributed by atoms with van der Waals surface area (Å²) in [6.45, 7) is 0. The van der Waals surface area contributed by atoms with Crippen molar-refractivity contribution in [3.63, 3.8) is 0 Å². The molecule has 0 saturated heterocycles. The zero-order chi connectivity index (χ0) is 24.3. The Bertz CT molecular complexity index is 1310. The van der Waals surface area contributed by atoms with Crippen molar-refractivity contribution in [3.05, 3.63) is 83.1 Å². The van der Waals surface area contributed by atoms with Gasteiger partial charge in [0.15, 0.2) is 11.5 Å². The van der Waals surface area contributed by atoms with Crippen LogP contribution in [0.2, 0.25) is 5.02 Å². The van der Waals surface area contributed by atoms with Crippen molar-refractivity contribution in [2.45, 2.75) is 6.18 Å². The van der Waals surface area contributed by atoms with Crippen LogP contribution in [0.4, 0.5) is 18.9 Å². The molecule has 0 fully saturated rings. The Morgan fingerprint density at radius 1 is 1.03 bits per heavy atom. The highest BCUT2D eigenvalue weighted by Gasteiger charge is 2.41. The summed E-state index contributed by atoms with van der Waals surface area (Å²) in [7, 11) is 1.34. The van der Waals surface area contributed by atoms with E-state index in [2.05, 4.69) is 20.6 Å². The summed E-state index contributed by atoms with van der Waals surface area (Å²) in [4.78, 5) is 12.7. The zero-order valence-corrected chi connectivity index (χ0v) is 18.1. The first-order chi connectivity index (χ1) is 16.3. The first kappa shape index (κ1) is 23.1. The molecule has 0 aliphatic heterocycles. The van der Waals surface area contributed by atoms with Gasteiger partial charge in [0.2, 0.25) is 5.88 Å². The second-order valence-electron chi connectivity index (χ2n) is 6.76. The molecule has 0 aliphatic carbocycles. The van der Waals surface area contributed by atoms with Crippen LogP contribution in [0, 0.1) is 0 Å². The molecule has 0 aliphatic rings. The number of para-hydroxylation sites is 1. The van der Waals surface area contributed by atoms with Crippen LogP contribution in [-0.2, 0) is 6.18 Å². The molecule has 2 aromatic heterocycles. The van der Waals surface area contributed by atoms with E-state index in [0.717, 1.165) is 6.20 Å². The first-order valence-corrected chi connectivity index (χ1v) is 10.0. The van der Waals surface area contributed by atoms with Gasteiger partial charge in [0, 0.05) is 11.8 Å². The van der Waals surface area contributed by atoms with Crippen LogP contribution >= 0.6 is 11.6 Å². The van der Waals surface area contributed by atoms with Crippen molar-refractivity contribution in [1.82, 2.24) is 20.0 Å². The number of aromatic nitrogens is 4. The Morgan fingerprint density at radius 2 is 1.76 bits per heavy atom. The fraction of sp³-hybridized carbons (Fsp3) is 0.0909. The van der Waals surface area contributed by atoms with Crippen molar-refractivity contribution in [3.8, 4) is 23.2 Å². The molecular formula is C22H15ClF3N5O3. The molecule has 1 amide bonds. The number of carbonyl (C=O) groups excluding carboxylic acids is 1. The Balaban J connectivity index is 1.56. The minimum atomic E-state index is -4.89. The van der Waals surface area contributed by atoms with Crippen molar-refractivity contribution in [2.75, 3.05) is 12.4 Å². The van der Waals surface area contributed by atoms with E-state index in [0.29, 0.717) is 21.2 Å². The van der Waals surface area contributed by atoms with E-state index in [-0.39, 0.29) is 17.4 Å². The van der Waals surface area contributed by atoms with Crippen LogP contribution in [0.3, 0.4) is 0 Å². The van der Waals surface area contributed by atoms with Crippen molar-refractivity contribution in [2.24, 2.45) is 0 Å². The van der Waals surface area contributed by atoms with E-state index in [1.54, 1.807) is 36.4 Å². The normalized spacial score (nSPS) is 11.2. The van der Waals surface area contributed by atoms with Gasteiger partial charge in [0.25, 0.3) is 5.91 Å². The van der Waals surface area contributed by atoms with Crippen molar-refractivity contribution < 1.29 is 27.4 Å². The molecule has 12 heteroatoms. The van der Waals surface area contributed by atoms with Gasteiger partial charge in [-0.05, 0) is 42.5 Å². The van der Waals surface area contributed by atoms with E-state index in [1.165, 1.54) is 31.4 Å². The summed E-state index contributed by atoms with van der Waals surface area (Å²) in [5.74, 6) is -0.254. The van der Waals surface area contributed by atoms with Crippen molar-refractivity contribution >= 4 is 23.2 Å². The topological polar surface area (TPSA) is 91.2 Å². The number of benzene rings is 2. The standard InChI is InChI=1S/C22H15ClF3N5O3/c1-33-19-11-10-18(29-30-19)31-20(22(24,25)26)15(12-27-31)21(32)28-13-6-8-14(9-7-13)34-17-5-3-2-4-16(17)23/h2-12H,1H3,(H,28,32). The van der Waals surface area contributed by atoms with Gasteiger partial charge < -0.3 is 14.8 Å². The first-order valence-electron chi connectivity index (χ1n) is 9.63. The Morgan fingerprint density at radius 3 is 2.38 bits per heavy atom. The number of alkyl halides is 3. The molecule has 0 atom stereocenters. The third-order valence-corrected chi connectivity index (χ3v) is 4.82. The molecule has 0 bridgehead atoms. The van der Waals surface area contributed by atoms with Gasteiger partial charge in [-0.1, -0.05) is 23.7 Å². The summed E-state index contributed by atoms with van der Waals surface area (Å²) in [5, 5.41) is 13.9. The average molecular weight is 490 g/mol. The molecular weight excluding hydrogens is 475 g/mol. The van der Waals surface area contributed by atoms with Gasteiger partial charge in [0.1, 0.15) is 11.5 Å². The number of halogens is 4.